The second-order valence-electron chi connectivity index (χ2n) is 6.20. The van der Waals surface area contributed by atoms with Crippen LogP contribution < -0.4 is 5.32 Å². The van der Waals surface area contributed by atoms with Crippen molar-refractivity contribution in [2.24, 2.45) is 5.41 Å². The van der Waals surface area contributed by atoms with Gasteiger partial charge in [0, 0.05) is 48.5 Å². The normalized spacial score (nSPS) is 31.0. The summed E-state index contributed by atoms with van der Waals surface area (Å²) < 4.78 is 21.9. The summed E-state index contributed by atoms with van der Waals surface area (Å²) >= 11 is 0. The third-order valence-electron chi connectivity index (χ3n) is 4.40. The number of carbonyl (C=O) groups excluding carboxylic acids is 2. The van der Waals surface area contributed by atoms with Crippen LogP contribution >= 0.6 is 0 Å². The number of carbonyl (C=O) groups is 2. The Balaban J connectivity index is 2.00. The maximum Gasteiger partial charge on any atom is 0.317 e. The van der Waals surface area contributed by atoms with Crippen LogP contribution in [0.5, 0.6) is 0 Å². The van der Waals surface area contributed by atoms with Crippen LogP contribution in [0, 0.1) is 5.41 Å². The Labute approximate surface area is 139 Å². The molecule has 2 saturated heterocycles. The molecule has 2 fully saturated rings. The summed E-state index contributed by atoms with van der Waals surface area (Å²) in [5.74, 6) is 0.850. The summed E-state index contributed by atoms with van der Waals surface area (Å²) in [4.78, 5) is 26.5. The van der Waals surface area contributed by atoms with Gasteiger partial charge in [-0.25, -0.2) is 4.79 Å². The van der Waals surface area contributed by atoms with E-state index < -0.39 is 16.2 Å². The fourth-order valence-corrected chi connectivity index (χ4v) is 4.67. The van der Waals surface area contributed by atoms with Gasteiger partial charge in [0.2, 0.25) is 0 Å². The van der Waals surface area contributed by atoms with E-state index in [-0.39, 0.29) is 24.6 Å². The number of urea groups is 1. The number of ether oxygens (including phenoxy) is 2. The number of esters is 1. The molecule has 2 aliphatic rings. The lowest BCUT2D eigenvalue weighted by Crippen LogP contribution is -2.56. The minimum atomic E-state index is -0.830. The van der Waals surface area contributed by atoms with Gasteiger partial charge in [0.1, 0.15) is 5.41 Å². The van der Waals surface area contributed by atoms with Crippen molar-refractivity contribution in [3.8, 4) is 0 Å². The highest BCUT2D eigenvalue weighted by atomic mass is 32.2. The Morgan fingerprint density at radius 3 is 2.83 bits per heavy atom. The van der Waals surface area contributed by atoms with Crippen LogP contribution in [0.1, 0.15) is 26.2 Å². The van der Waals surface area contributed by atoms with Gasteiger partial charge in [-0.1, -0.05) is 0 Å². The number of piperidine rings is 1. The smallest absolute Gasteiger partial charge is 0.317 e. The van der Waals surface area contributed by atoms with E-state index in [0.717, 1.165) is 12.8 Å². The Hall–Kier alpha value is -1.15. The molecule has 0 saturated carbocycles. The third kappa shape index (κ3) is 4.44. The van der Waals surface area contributed by atoms with Crippen LogP contribution in [0.2, 0.25) is 0 Å². The van der Waals surface area contributed by atoms with E-state index in [2.05, 4.69) is 5.32 Å². The standard InChI is InChI=1S/C15H26N2O5S/c1-3-22-13(18)15(11-21-2)6-4-7-17(10-15)14(19)16-12-5-8-23(20)9-12/h12H,3-11H2,1-2H3,(H,16,19)/t12-,15-,23-/m1/s1. The Kier molecular flexibility index (Phi) is 6.41. The minimum Gasteiger partial charge on any atom is -0.465 e. The second-order valence-corrected chi connectivity index (χ2v) is 7.83. The summed E-state index contributed by atoms with van der Waals surface area (Å²) in [6.45, 7) is 3.22. The average molecular weight is 346 g/mol. The van der Waals surface area contributed by atoms with Crippen LogP contribution in [0.25, 0.3) is 0 Å². The van der Waals surface area contributed by atoms with Gasteiger partial charge in [0.15, 0.2) is 0 Å². The lowest BCUT2D eigenvalue weighted by Gasteiger charge is -2.40. The number of hydrogen-bond acceptors (Lipinski definition) is 5. The van der Waals surface area contributed by atoms with Crippen molar-refractivity contribution >= 4 is 22.8 Å². The molecule has 0 aromatic rings. The maximum absolute atomic E-state index is 12.5. The molecular weight excluding hydrogens is 320 g/mol. The van der Waals surface area contributed by atoms with Crippen molar-refractivity contribution in [2.75, 3.05) is 44.9 Å². The Morgan fingerprint density at radius 1 is 1.43 bits per heavy atom. The number of nitrogens with one attached hydrogen (secondary N) is 1. The highest BCUT2D eigenvalue weighted by Crippen LogP contribution is 2.32. The summed E-state index contributed by atoms with van der Waals surface area (Å²) in [7, 11) is 0.719. The van der Waals surface area contributed by atoms with E-state index in [1.165, 1.54) is 0 Å². The van der Waals surface area contributed by atoms with Crippen molar-refractivity contribution in [3.63, 3.8) is 0 Å². The molecule has 2 heterocycles. The molecule has 0 aromatic carbocycles. The highest BCUT2D eigenvalue weighted by Gasteiger charge is 2.45. The quantitative estimate of drug-likeness (QED) is 0.733. The molecule has 3 atom stereocenters. The summed E-state index contributed by atoms with van der Waals surface area (Å²) in [6, 6.07) is -0.233. The summed E-state index contributed by atoms with van der Waals surface area (Å²) in [6.07, 6.45) is 2.12. The third-order valence-corrected chi connectivity index (χ3v) is 5.87. The molecule has 2 rings (SSSR count). The van der Waals surface area contributed by atoms with Crippen LogP contribution in [0.3, 0.4) is 0 Å². The first kappa shape index (κ1) is 18.2. The van der Waals surface area contributed by atoms with E-state index in [0.29, 0.717) is 37.6 Å². The molecule has 2 amide bonds. The lowest BCUT2D eigenvalue weighted by atomic mass is 9.80. The van der Waals surface area contributed by atoms with Crippen molar-refractivity contribution in [3.05, 3.63) is 0 Å². The molecule has 0 aromatic heterocycles. The highest BCUT2D eigenvalue weighted by molar-refractivity contribution is 7.85. The molecule has 23 heavy (non-hydrogen) atoms. The van der Waals surface area contributed by atoms with Crippen LogP contribution in [-0.4, -0.2) is 72.1 Å². The molecule has 0 unspecified atom stereocenters. The molecular formula is C15H26N2O5S. The predicted molar refractivity (Wildman–Crippen MR) is 86.6 cm³/mol. The number of amides is 2. The van der Waals surface area contributed by atoms with Gasteiger partial charge < -0.3 is 19.7 Å². The zero-order valence-electron chi connectivity index (χ0n) is 13.8. The van der Waals surface area contributed by atoms with E-state index >= 15 is 0 Å². The van der Waals surface area contributed by atoms with Crippen LogP contribution in [-0.2, 0) is 25.1 Å². The SMILES string of the molecule is CCOC(=O)[C@]1(COC)CCCN(C(=O)N[C@@H]2CC[S@@](=O)C2)C1. The first-order chi connectivity index (χ1) is 11.0. The fourth-order valence-electron chi connectivity index (χ4n) is 3.25. The van der Waals surface area contributed by atoms with Gasteiger partial charge in [-0.3, -0.25) is 9.00 Å². The van der Waals surface area contributed by atoms with Crippen molar-refractivity contribution < 1.29 is 23.3 Å². The molecule has 132 valence electrons. The fraction of sp³-hybridized carbons (Fsp3) is 0.867. The molecule has 7 nitrogen and oxygen atoms in total. The van der Waals surface area contributed by atoms with Gasteiger partial charge in [-0.05, 0) is 26.2 Å². The van der Waals surface area contributed by atoms with Crippen molar-refractivity contribution in [1.29, 1.82) is 0 Å². The first-order valence-corrected chi connectivity index (χ1v) is 9.56. The maximum atomic E-state index is 12.5. The minimum absolute atomic E-state index is 0.0373. The molecule has 0 aliphatic carbocycles. The average Bonchev–Trinajstić information content (AvgIpc) is 2.93. The zero-order chi connectivity index (χ0) is 16.9. The summed E-state index contributed by atoms with van der Waals surface area (Å²) in [5.41, 5.74) is -0.793. The van der Waals surface area contributed by atoms with Crippen LogP contribution in [0.4, 0.5) is 4.79 Å². The van der Waals surface area contributed by atoms with E-state index in [4.69, 9.17) is 9.47 Å². The molecule has 8 heteroatoms. The number of likely N-dealkylation sites (tertiary alicyclic amines) is 1. The molecule has 0 bridgehead atoms. The largest absolute Gasteiger partial charge is 0.465 e. The topological polar surface area (TPSA) is 84.9 Å². The molecule has 2 aliphatic heterocycles. The van der Waals surface area contributed by atoms with Gasteiger partial charge in [-0.2, -0.15) is 0 Å². The molecule has 0 spiro atoms. The van der Waals surface area contributed by atoms with Gasteiger partial charge in [0.05, 0.1) is 13.2 Å². The summed E-state index contributed by atoms with van der Waals surface area (Å²) in [5, 5.41) is 2.93. The number of rotatable bonds is 5. The number of hydrogen-bond donors (Lipinski definition) is 1. The molecule has 0 radical (unpaired) electrons. The van der Waals surface area contributed by atoms with Gasteiger partial charge >= 0.3 is 12.0 Å². The Morgan fingerprint density at radius 2 is 2.22 bits per heavy atom. The van der Waals surface area contributed by atoms with E-state index in [9.17, 15) is 13.8 Å². The van der Waals surface area contributed by atoms with E-state index in [1.807, 2.05) is 0 Å². The van der Waals surface area contributed by atoms with Crippen LogP contribution in [0.15, 0.2) is 0 Å². The van der Waals surface area contributed by atoms with Crippen molar-refractivity contribution in [1.82, 2.24) is 10.2 Å². The molecule has 1 N–H and O–H groups in total. The second kappa shape index (κ2) is 8.10. The van der Waals surface area contributed by atoms with E-state index in [1.54, 1.807) is 18.9 Å². The monoisotopic (exact) mass is 346 g/mol. The predicted octanol–water partition coefficient (Wildman–Crippen LogP) is 0.509. The zero-order valence-corrected chi connectivity index (χ0v) is 14.7. The lowest BCUT2D eigenvalue weighted by molar-refractivity contribution is -0.162. The number of methoxy groups -OCH3 is 1. The number of nitrogens with zero attached hydrogens (tertiary/aromatic N) is 1. The van der Waals surface area contributed by atoms with Gasteiger partial charge in [0.25, 0.3) is 0 Å². The van der Waals surface area contributed by atoms with Crippen molar-refractivity contribution in [2.45, 2.75) is 32.2 Å². The first-order valence-electron chi connectivity index (χ1n) is 8.07. The Bertz CT molecular complexity index is 469. The van der Waals surface area contributed by atoms with Gasteiger partial charge in [-0.15, -0.1) is 0 Å².